The van der Waals surface area contributed by atoms with E-state index >= 15 is 0 Å². The van der Waals surface area contributed by atoms with E-state index in [1.165, 1.54) is 11.8 Å². The molecule has 1 aromatic carbocycles. The van der Waals surface area contributed by atoms with Crippen LogP contribution in [0.15, 0.2) is 12.1 Å². The van der Waals surface area contributed by atoms with Gasteiger partial charge < -0.3 is 10.4 Å². The first kappa shape index (κ1) is 18.0. The van der Waals surface area contributed by atoms with E-state index in [-0.39, 0.29) is 6.54 Å². The Balaban J connectivity index is 2.80. The SMILES string of the molecule is CCCN(CC(=O)Nc1ccc(F)c(F)c1F)C(C)C(=O)O. The van der Waals surface area contributed by atoms with Crippen molar-refractivity contribution in [1.29, 1.82) is 0 Å². The van der Waals surface area contributed by atoms with E-state index in [9.17, 15) is 22.8 Å². The Kier molecular flexibility index (Phi) is 6.36. The predicted molar refractivity (Wildman–Crippen MR) is 73.9 cm³/mol. The number of anilines is 1. The molecule has 0 spiro atoms. The Morgan fingerprint density at radius 2 is 1.91 bits per heavy atom. The third kappa shape index (κ3) is 4.45. The van der Waals surface area contributed by atoms with Crippen LogP contribution in [-0.2, 0) is 9.59 Å². The fraction of sp³-hybridized carbons (Fsp3) is 0.429. The van der Waals surface area contributed by atoms with E-state index in [1.807, 2.05) is 6.92 Å². The average Bonchev–Trinajstić information content (AvgIpc) is 2.46. The van der Waals surface area contributed by atoms with E-state index in [2.05, 4.69) is 5.32 Å². The first-order valence-electron chi connectivity index (χ1n) is 6.68. The minimum Gasteiger partial charge on any atom is -0.480 e. The van der Waals surface area contributed by atoms with Gasteiger partial charge in [-0.1, -0.05) is 6.92 Å². The molecule has 5 nitrogen and oxygen atoms in total. The summed E-state index contributed by atoms with van der Waals surface area (Å²) in [6.45, 7) is 3.28. The average molecular weight is 318 g/mol. The van der Waals surface area contributed by atoms with Crippen molar-refractivity contribution in [3.05, 3.63) is 29.6 Å². The zero-order valence-corrected chi connectivity index (χ0v) is 12.2. The lowest BCUT2D eigenvalue weighted by Gasteiger charge is -2.25. The maximum absolute atomic E-state index is 13.5. The van der Waals surface area contributed by atoms with Gasteiger partial charge >= 0.3 is 5.97 Å². The number of carbonyl (C=O) groups excluding carboxylic acids is 1. The van der Waals surface area contributed by atoms with Gasteiger partial charge in [-0.15, -0.1) is 0 Å². The summed E-state index contributed by atoms with van der Waals surface area (Å²) in [7, 11) is 0. The number of hydrogen-bond donors (Lipinski definition) is 2. The first-order valence-corrected chi connectivity index (χ1v) is 6.68. The number of carboxylic acids is 1. The molecule has 0 aliphatic rings. The summed E-state index contributed by atoms with van der Waals surface area (Å²) in [5.41, 5.74) is -0.497. The van der Waals surface area contributed by atoms with Crippen LogP contribution in [0.4, 0.5) is 18.9 Å². The molecule has 0 saturated carbocycles. The van der Waals surface area contributed by atoms with Crippen LogP contribution in [-0.4, -0.2) is 41.0 Å². The lowest BCUT2D eigenvalue weighted by atomic mass is 10.2. The van der Waals surface area contributed by atoms with Gasteiger partial charge in [0.15, 0.2) is 17.5 Å². The Bertz CT molecular complexity index is 567. The highest BCUT2D eigenvalue weighted by molar-refractivity contribution is 5.92. The van der Waals surface area contributed by atoms with E-state index in [0.717, 1.165) is 6.07 Å². The van der Waals surface area contributed by atoms with Gasteiger partial charge in [0.2, 0.25) is 5.91 Å². The molecule has 8 heteroatoms. The number of carbonyl (C=O) groups is 2. The van der Waals surface area contributed by atoms with E-state index < -0.39 is 41.1 Å². The number of aliphatic carboxylic acids is 1. The van der Waals surface area contributed by atoms with Crippen LogP contribution in [0.5, 0.6) is 0 Å². The summed E-state index contributed by atoms with van der Waals surface area (Å²) in [6, 6.07) is 0.689. The van der Waals surface area contributed by atoms with Crippen LogP contribution >= 0.6 is 0 Å². The van der Waals surface area contributed by atoms with Crippen LogP contribution < -0.4 is 5.32 Å². The molecule has 0 aromatic heterocycles. The number of benzene rings is 1. The molecular weight excluding hydrogens is 301 g/mol. The molecule has 1 atom stereocenters. The van der Waals surface area contributed by atoms with Crippen molar-refractivity contribution < 1.29 is 27.9 Å². The number of carboxylic acid groups (broad SMARTS) is 1. The van der Waals surface area contributed by atoms with Gasteiger partial charge in [-0.05, 0) is 32.0 Å². The number of amides is 1. The number of rotatable bonds is 7. The van der Waals surface area contributed by atoms with Crippen LogP contribution in [0, 0.1) is 17.5 Å². The Morgan fingerprint density at radius 1 is 1.27 bits per heavy atom. The molecule has 0 aliphatic carbocycles. The van der Waals surface area contributed by atoms with E-state index in [4.69, 9.17) is 5.11 Å². The summed E-state index contributed by atoms with van der Waals surface area (Å²) in [5, 5.41) is 11.1. The highest BCUT2D eigenvalue weighted by atomic mass is 19.2. The lowest BCUT2D eigenvalue weighted by Crippen LogP contribution is -2.44. The quantitative estimate of drug-likeness (QED) is 0.757. The molecule has 0 heterocycles. The van der Waals surface area contributed by atoms with Gasteiger partial charge in [0.1, 0.15) is 6.04 Å². The third-order valence-electron chi connectivity index (χ3n) is 3.07. The number of hydrogen-bond acceptors (Lipinski definition) is 3. The van der Waals surface area contributed by atoms with Gasteiger partial charge in [0, 0.05) is 0 Å². The molecule has 0 fully saturated rings. The first-order chi connectivity index (χ1) is 10.3. The Hall–Kier alpha value is -2.09. The van der Waals surface area contributed by atoms with Gasteiger partial charge in [-0.25, -0.2) is 13.2 Å². The molecule has 22 heavy (non-hydrogen) atoms. The second-order valence-corrected chi connectivity index (χ2v) is 4.76. The maximum atomic E-state index is 13.5. The summed E-state index contributed by atoms with van der Waals surface area (Å²) in [5.74, 6) is -6.35. The van der Waals surface area contributed by atoms with Crippen molar-refractivity contribution in [1.82, 2.24) is 4.90 Å². The van der Waals surface area contributed by atoms with Crippen LogP contribution in [0.3, 0.4) is 0 Å². The Labute approximate surface area is 125 Å². The zero-order valence-electron chi connectivity index (χ0n) is 12.2. The van der Waals surface area contributed by atoms with Crippen molar-refractivity contribution >= 4 is 17.6 Å². The van der Waals surface area contributed by atoms with Crippen molar-refractivity contribution in [3.8, 4) is 0 Å². The molecule has 0 radical (unpaired) electrons. The molecule has 1 amide bonds. The fourth-order valence-electron chi connectivity index (χ4n) is 1.85. The monoisotopic (exact) mass is 318 g/mol. The number of nitrogens with zero attached hydrogens (tertiary/aromatic N) is 1. The molecular formula is C14H17F3N2O3. The highest BCUT2D eigenvalue weighted by Gasteiger charge is 2.23. The van der Waals surface area contributed by atoms with Gasteiger partial charge in [0.05, 0.1) is 12.2 Å². The molecule has 1 aromatic rings. The largest absolute Gasteiger partial charge is 0.480 e. The van der Waals surface area contributed by atoms with Crippen LogP contribution in [0.25, 0.3) is 0 Å². The smallest absolute Gasteiger partial charge is 0.320 e. The molecule has 122 valence electrons. The third-order valence-corrected chi connectivity index (χ3v) is 3.07. The molecule has 0 saturated heterocycles. The summed E-state index contributed by atoms with van der Waals surface area (Å²) >= 11 is 0. The van der Waals surface area contributed by atoms with Crippen molar-refractivity contribution in [2.24, 2.45) is 0 Å². The predicted octanol–water partition coefficient (Wildman–Crippen LogP) is 2.23. The maximum Gasteiger partial charge on any atom is 0.320 e. The lowest BCUT2D eigenvalue weighted by molar-refractivity contribution is -0.143. The van der Waals surface area contributed by atoms with E-state index in [1.54, 1.807) is 0 Å². The van der Waals surface area contributed by atoms with E-state index in [0.29, 0.717) is 19.0 Å². The molecule has 0 aliphatic heterocycles. The number of halogens is 3. The topological polar surface area (TPSA) is 69.6 Å². The summed E-state index contributed by atoms with van der Waals surface area (Å²) < 4.78 is 39.3. The van der Waals surface area contributed by atoms with Gasteiger partial charge in [-0.3, -0.25) is 14.5 Å². The zero-order chi connectivity index (χ0) is 16.9. The summed E-state index contributed by atoms with van der Waals surface area (Å²) in [6.07, 6.45) is 0.616. The highest BCUT2D eigenvalue weighted by Crippen LogP contribution is 2.19. The summed E-state index contributed by atoms with van der Waals surface area (Å²) in [4.78, 5) is 24.2. The van der Waals surface area contributed by atoms with Crippen LogP contribution in [0.2, 0.25) is 0 Å². The minimum absolute atomic E-state index is 0.306. The minimum atomic E-state index is -1.68. The van der Waals surface area contributed by atoms with Crippen molar-refractivity contribution in [2.75, 3.05) is 18.4 Å². The standard InChI is InChI=1S/C14H17F3N2O3/c1-3-6-19(8(2)14(21)22)7-11(20)18-10-5-4-9(15)12(16)13(10)17/h4-5,8H,3,6-7H2,1-2H3,(H,18,20)(H,21,22). The molecule has 1 unspecified atom stereocenters. The Morgan fingerprint density at radius 3 is 2.45 bits per heavy atom. The van der Waals surface area contributed by atoms with Gasteiger partial charge in [-0.2, -0.15) is 0 Å². The molecule has 2 N–H and O–H groups in total. The fourth-order valence-corrected chi connectivity index (χ4v) is 1.85. The van der Waals surface area contributed by atoms with Crippen molar-refractivity contribution in [3.63, 3.8) is 0 Å². The second kappa shape index (κ2) is 7.79. The van der Waals surface area contributed by atoms with Gasteiger partial charge in [0.25, 0.3) is 0 Å². The second-order valence-electron chi connectivity index (χ2n) is 4.76. The van der Waals surface area contributed by atoms with Crippen molar-refractivity contribution in [2.45, 2.75) is 26.3 Å². The normalized spacial score (nSPS) is 12.3. The molecule has 0 bridgehead atoms. The number of nitrogens with one attached hydrogen (secondary N) is 1. The molecule has 1 rings (SSSR count). The van der Waals surface area contributed by atoms with Crippen LogP contribution in [0.1, 0.15) is 20.3 Å².